The summed E-state index contributed by atoms with van der Waals surface area (Å²) < 4.78 is 59.2. The smallest absolute Gasteiger partial charge is 0.446 e. The molecule has 4 aliphatic rings. The highest BCUT2D eigenvalue weighted by Gasteiger charge is 2.43. The van der Waals surface area contributed by atoms with E-state index in [0.29, 0.717) is 39.1 Å². The Bertz CT molecular complexity index is 2960. The Labute approximate surface area is 545 Å². The molecule has 4 heterocycles. The number of benzene rings is 2. The lowest BCUT2D eigenvalue weighted by molar-refractivity contribution is -0.156. The van der Waals surface area contributed by atoms with Crippen molar-refractivity contribution in [3.8, 4) is 0 Å². The number of nitrogens with zero attached hydrogens (tertiary/aromatic N) is 3. The van der Waals surface area contributed by atoms with Crippen molar-refractivity contribution < 1.29 is 95.0 Å². The van der Waals surface area contributed by atoms with Crippen LogP contribution in [0.25, 0.3) is 0 Å². The van der Waals surface area contributed by atoms with Crippen LogP contribution in [0.3, 0.4) is 0 Å². The number of carbonyl (C=O) groups excluding carboxylic acids is 8. The highest BCUT2D eigenvalue weighted by atomic mass is 19.4. The van der Waals surface area contributed by atoms with Crippen LogP contribution in [0, 0.1) is 33.5 Å². The van der Waals surface area contributed by atoms with E-state index in [9.17, 15) is 66.5 Å². The first kappa shape index (κ1) is 78.3. The molecular formula is C69H101F3N4O17. The van der Waals surface area contributed by atoms with E-state index >= 15 is 0 Å². The van der Waals surface area contributed by atoms with Gasteiger partial charge in [-0.25, -0.2) is 14.4 Å². The highest BCUT2D eigenvalue weighted by Crippen LogP contribution is 2.35. The molecule has 2 aromatic rings. The third-order valence-electron chi connectivity index (χ3n) is 17.1. The summed E-state index contributed by atoms with van der Waals surface area (Å²) in [4.78, 5) is 124. The van der Waals surface area contributed by atoms with Gasteiger partial charge in [-0.3, -0.25) is 48.3 Å². The van der Waals surface area contributed by atoms with Gasteiger partial charge in [-0.1, -0.05) is 118 Å². The Balaban J connectivity index is 0.000000368. The van der Waals surface area contributed by atoms with Crippen molar-refractivity contribution in [3.63, 3.8) is 0 Å². The first-order chi connectivity index (χ1) is 42.9. The molecule has 93 heavy (non-hydrogen) atoms. The van der Waals surface area contributed by atoms with Crippen LogP contribution in [-0.2, 0) is 96.3 Å². The van der Waals surface area contributed by atoms with Gasteiger partial charge in [-0.2, -0.15) is 13.2 Å². The number of hydrogen-bond donors (Lipinski definition) is 3. The summed E-state index contributed by atoms with van der Waals surface area (Å²) in [5.41, 5.74) is 4.68. The van der Waals surface area contributed by atoms with E-state index in [1.807, 2.05) is 52.8 Å². The molecule has 2 aromatic carbocycles. The molecule has 6 rings (SSSR count). The first-order valence-corrected chi connectivity index (χ1v) is 32.0. The van der Waals surface area contributed by atoms with Crippen molar-refractivity contribution in [2.45, 2.75) is 243 Å². The zero-order chi connectivity index (χ0) is 70.2. The maximum Gasteiger partial charge on any atom is 0.446 e. The van der Waals surface area contributed by atoms with Gasteiger partial charge in [0.15, 0.2) is 5.78 Å². The fourth-order valence-corrected chi connectivity index (χ4v) is 11.6. The summed E-state index contributed by atoms with van der Waals surface area (Å²) in [7, 11) is 0. The molecule has 0 aliphatic carbocycles. The fourth-order valence-electron chi connectivity index (χ4n) is 11.6. The minimum Gasteiger partial charge on any atom is -0.481 e. The van der Waals surface area contributed by atoms with Crippen molar-refractivity contribution in [3.05, 3.63) is 69.8 Å². The van der Waals surface area contributed by atoms with E-state index < -0.39 is 88.9 Å². The van der Waals surface area contributed by atoms with Crippen LogP contribution in [0.2, 0.25) is 0 Å². The number of fused-ring (bicyclic) bond motifs is 2. The second-order valence-corrected chi connectivity index (χ2v) is 29.8. The van der Waals surface area contributed by atoms with Crippen LogP contribution in [0.5, 0.6) is 0 Å². The quantitative estimate of drug-likeness (QED) is 0.0381. The second kappa shape index (κ2) is 33.3. The monoisotopic (exact) mass is 1310 g/mol. The van der Waals surface area contributed by atoms with Crippen LogP contribution < -0.4 is 5.32 Å². The molecule has 21 nitrogen and oxygen atoms in total. The van der Waals surface area contributed by atoms with E-state index in [1.165, 1.54) is 28.5 Å². The Morgan fingerprint density at radius 2 is 1.01 bits per heavy atom. The number of esters is 2. The van der Waals surface area contributed by atoms with Gasteiger partial charge < -0.3 is 39.2 Å². The van der Waals surface area contributed by atoms with E-state index in [4.69, 9.17) is 28.5 Å². The van der Waals surface area contributed by atoms with Crippen LogP contribution in [0.15, 0.2) is 36.4 Å². The SMILES string of the molecule is CC(=O)[C@@H]1C[C@@H](OC(=O)N2Cc3cccc(CCCCC(C)(C)COC(=O)C[C@H](C(=O)O)C(C)(C)C)c3C2)CN1.CC(=O)[C@@H]1C[C@@H](OC(=O)N2Cc3cccc(CCCCC(C)(C)COC(=O)C[C@H](C(=O)O)C(C)(C)C)c3C2)CN1C(=O)OC(C)(C)C.O=CC(F)(F)F. The molecule has 6 atom stereocenters. The third kappa shape index (κ3) is 26.0. The average Bonchev–Trinajstić information content (AvgIpc) is 1.72. The number of rotatable bonds is 24. The van der Waals surface area contributed by atoms with Gasteiger partial charge in [0.05, 0.1) is 56.5 Å². The Hall–Kier alpha value is -7.11. The van der Waals surface area contributed by atoms with Gasteiger partial charge in [-0.05, 0) is 128 Å². The first-order valence-electron chi connectivity index (χ1n) is 32.0. The third-order valence-corrected chi connectivity index (χ3v) is 17.1. The number of aldehydes is 1. The maximum atomic E-state index is 13.2. The summed E-state index contributed by atoms with van der Waals surface area (Å²) in [5.74, 6) is -4.65. The molecule has 3 N–H and O–H groups in total. The summed E-state index contributed by atoms with van der Waals surface area (Å²) >= 11 is 0. The number of carboxylic acids is 2. The van der Waals surface area contributed by atoms with Gasteiger partial charge in [0, 0.05) is 45.6 Å². The largest absolute Gasteiger partial charge is 0.481 e. The number of halogens is 3. The molecular weight excluding hydrogens is 1210 g/mol. The standard InChI is InChI=1S/C36H54N2O9.C31H46N2O7.C2HF3O/c1-23(39)29-17-26(20-38(29)33(44)47-35(5,6)7)46-32(43)37-19-25-15-12-14-24(27(25)21-37)13-10-11-16-36(8,9)22-45-30(40)18-28(31(41)42)34(2,3)4;1-20(34)26-14-23(16-32-26)40-29(38)33-17-22-12-9-11-21(24(22)18-33)10-7-8-13-31(5,6)19-39-27(35)15-25(28(36)37)30(2,3)4;3-2(4,5)1-6/h12,14-15,26,28-29H,10-11,13,16-22H2,1-9H3,(H,41,42);9,11-12,23,25-26,32H,7-8,10,13-19H2,1-6H3,(H,36,37);1H/t26-,28-,29+;23-,25-,26+;/m11./s1. The molecule has 0 bridgehead atoms. The lowest BCUT2D eigenvalue weighted by Crippen LogP contribution is -2.43. The Morgan fingerprint density at radius 1 is 0.591 bits per heavy atom. The molecule has 0 radical (unpaired) electrons. The minimum atomic E-state index is -4.64. The molecule has 0 saturated carbocycles. The number of nitrogens with one attached hydrogen (secondary N) is 1. The molecule has 2 fully saturated rings. The van der Waals surface area contributed by atoms with E-state index in [2.05, 4.69) is 37.4 Å². The van der Waals surface area contributed by atoms with Crippen LogP contribution in [-0.4, -0.2) is 147 Å². The fraction of sp³-hybridized carbons (Fsp3) is 0.681. The molecule has 4 aliphatic heterocycles. The zero-order valence-corrected chi connectivity index (χ0v) is 57.1. The molecule has 0 unspecified atom stereocenters. The number of unbranched alkanes of at least 4 members (excludes halogenated alkanes) is 2. The summed E-state index contributed by atoms with van der Waals surface area (Å²) in [5, 5.41) is 22.1. The van der Waals surface area contributed by atoms with E-state index in [-0.39, 0.29) is 79.7 Å². The normalized spacial score (nSPS) is 18.7. The molecule has 24 heteroatoms. The second-order valence-electron chi connectivity index (χ2n) is 29.8. The van der Waals surface area contributed by atoms with Gasteiger partial charge in [-0.15, -0.1) is 0 Å². The van der Waals surface area contributed by atoms with Gasteiger partial charge >= 0.3 is 48.3 Å². The number of carboxylic acid groups (broad SMARTS) is 2. The molecule has 0 aromatic heterocycles. The van der Waals surface area contributed by atoms with Crippen molar-refractivity contribution in [2.75, 3.05) is 26.3 Å². The number of hydrogen-bond acceptors (Lipinski definition) is 16. The summed E-state index contributed by atoms with van der Waals surface area (Å²) in [6.45, 7) is 30.3. The molecule has 3 amide bonds. The predicted octanol–water partition coefficient (Wildman–Crippen LogP) is 12.2. The van der Waals surface area contributed by atoms with E-state index in [1.54, 1.807) is 58.3 Å². The molecule has 520 valence electrons. The zero-order valence-electron chi connectivity index (χ0n) is 57.1. The summed E-state index contributed by atoms with van der Waals surface area (Å²) in [6.07, 6.45) is -0.368. The maximum absolute atomic E-state index is 13.2. The van der Waals surface area contributed by atoms with Crippen LogP contribution in [0.4, 0.5) is 27.6 Å². The van der Waals surface area contributed by atoms with Gasteiger partial charge in [0.1, 0.15) is 23.6 Å². The highest BCUT2D eigenvalue weighted by molar-refractivity contribution is 5.86. The Kier molecular flexibility index (Phi) is 28.1. The number of amides is 3. The number of carbonyl (C=O) groups is 10. The number of aliphatic carboxylic acids is 2. The van der Waals surface area contributed by atoms with Crippen molar-refractivity contribution in [1.82, 2.24) is 20.0 Å². The number of aryl methyl sites for hydroxylation is 2. The van der Waals surface area contributed by atoms with Crippen molar-refractivity contribution in [2.24, 2.45) is 33.5 Å². The number of Topliss-reactive ketones (excluding diaryl/α,β-unsaturated/α-hetero) is 2. The number of alkyl halides is 3. The lowest BCUT2D eigenvalue weighted by atomic mass is 9.79. The van der Waals surface area contributed by atoms with Gasteiger partial charge in [0.2, 0.25) is 6.29 Å². The topological polar surface area (TPSA) is 279 Å². The lowest BCUT2D eigenvalue weighted by Gasteiger charge is -2.28. The van der Waals surface area contributed by atoms with Crippen molar-refractivity contribution in [1.29, 1.82) is 0 Å². The van der Waals surface area contributed by atoms with Crippen LogP contribution in [0.1, 0.15) is 201 Å². The van der Waals surface area contributed by atoms with Crippen LogP contribution >= 0.6 is 0 Å². The number of likely N-dealkylation sites (tertiary alicyclic amines) is 1. The molecule has 2 saturated heterocycles. The van der Waals surface area contributed by atoms with Gasteiger partial charge in [0.25, 0.3) is 0 Å². The number of ketones is 2. The number of ether oxygens (including phenoxy) is 5. The average molecular weight is 1320 g/mol. The predicted molar refractivity (Wildman–Crippen MR) is 338 cm³/mol. The Morgan fingerprint density at radius 3 is 1.37 bits per heavy atom. The minimum absolute atomic E-state index is 0.0612. The van der Waals surface area contributed by atoms with Crippen molar-refractivity contribution >= 4 is 60.0 Å². The summed E-state index contributed by atoms with van der Waals surface area (Å²) in [6, 6.07) is 11.4. The molecule has 0 spiro atoms. The van der Waals surface area contributed by atoms with E-state index in [0.717, 1.165) is 68.1 Å².